The van der Waals surface area contributed by atoms with Crippen molar-refractivity contribution in [1.29, 1.82) is 0 Å². The number of amides is 3. The average molecular weight is 349 g/mol. The summed E-state index contributed by atoms with van der Waals surface area (Å²) < 4.78 is 26.2. The molecular formula is C14H19ClF2N4O2. The number of carbonyl (C=O) groups is 2. The van der Waals surface area contributed by atoms with Gasteiger partial charge >= 0.3 is 6.03 Å². The predicted octanol–water partition coefficient (Wildman–Crippen LogP) is 2.19. The first-order valence-corrected chi connectivity index (χ1v) is 6.96. The molecule has 23 heavy (non-hydrogen) atoms. The van der Waals surface area contributed by atoms with Crippen LogP contribution in [-0.2, 0) is 4.79 Å². The summed E-state index contributed by atoms with van der Waals surface area (Å²) in [5.74, 6) is -3.38. The van der Waals surface area contributed by atoms with Crippen molar-refractivity contribution in [3.8, 4) is 0 Å². The van der Waals surface area contributed by atoms with E-state index >= 15 is 0 Å². The zero-order valence-corrected chi connectivity index (χ0v) is 13.3. The van der Waals surface area contributed by atoms with E-state index in [2.05, 4.69) is 21.3 Å². The summed E-state index contributed by atoms with van der Waals surface area (Å²) in [6, 6.07) is 5.20. The minimum absolute atomic E-state index is 0. The minimum atomic E-state index is -2.86. The quantitative estimate of drug-likeness (QED) is 0.673. The van der Waals surface area contributed by atoms with Crippen LogP contribution in [-0.4, -0.2) is 37.0 Å². The topological polar surface area (TPSA) is 82.3 Å². The van der Waals surface area contributed by atoms with Crippen LogP contribution in [0.4, 0.5) is 25.0 Å². The average Bonchev–Trinajstić information content (AvgIpc) is 2.80. The molecule has 1 aromatic rings. The Morgan fingerprint density at radius 1 is 1.30 bits per heavy atom. The predicted molar refractivity (Wildman–Crippen MR) is 86.4 cm³/mol. The van der Waals surface area contributed by atoms with Crippen LogP contribution in [0.1, 0.15) is 13.3 Å². The lowest BCUT2D eigenvalue weighted by Gasteiger charge is -2.12. The molecular weight excluding hydrogens is 330 g/mol. The second kappa shape index (κ2) is 8.07. The molecule has 1 heterocycles. The van der Waals surface area contributed by atoms with E-state index in [1.54, 1.807) is 31.2 Å². The third-order valence-corrected chi connectivity index (χ3v) is 3.15. The maximum Gasteiger partial charge on any atom is 0.319 e. The maximum absolute atomic E-state index is 13.1. The van der Waals surface area contributed by atoms with Gasteiger partial charge in [-0.05, 0) is 25.1 Å². The van der Waals surface area contributed by atoms with E-state index in [1.807, 2.05) is 0 Å². The molecule has 1 aliphatic heterocycles. The number of rotatable bonds is 4. The highest BCUT2D eigenvalue weighted by Gasteiger charge is 2.42. The van der Waals surface area contributed by atoms with Gasteiger partial charge in [0.25, 0.3) is 5.92 Å². The number of alkyl halides is 2. The molecule has 9 heteroatoms. The number of nitrogens with one attached hydrogen (secondary N) is 4. The lowest BCUT2D eigenvalue weighted by Crippen LogP contribution is -2.35. The molecule has 1 saturated heterocycles. The Bertz CT molecular complexity index is 571. The minimum Gasteiger partial charge on any atom is -0.338 e. The Hall–Kier alpha value is -1.93. The molecule has 1 atom stereocenters. The van der Waals surface area contributed by atoms with Crippen molar-refractivity contribution in [3.63, 3.8) is 0 Å². The Labute approximate surface area is 138 Å². The van der Waals surface area contributed by atoms with Crippen LogP contribution >= 0.6 is 12.4 Å². The van der Waals surface area contributed by atoms with Crippen molar-refractivity contribution in [1.82, 2.24) is 10.6 Å². The van der Waals surface area contributed by atoms with Crippen molar-refractivity contribution < 1.29 is 18.4 Å². The molecule has 6 nitrogen and oxygen atoms in total. The summed E-state index contributed by atoms with van der Waals surface area (Å²) in [6.45, 7) is 1.79. The SMILES string of the molecule is CCNC(=O)Nc1cccc(NC(=O)C2CC(F)(F)CN2)c1.Cl. The van der Waals surface area contributed by atoms with Crippen molar-refractivity contribution in [2.45, 2.75) is 25.3 Å². The number of urea groups is 1. The summed E-state index contributed by atoms with van der Waals surface area (Å²) >= 11 is 0. The largest absolute Gasteiger partial charge is 0.338 e. The molecule has 0 aliphatic carbocycles. The second-order valence-corrected chi connectivity index (χ2v) is 5.05. The molecule has 0 aromatic heterocycles. The van der Waals surface area contributed by atoms with E-state index in [0.29, 0.717) is 17.9 Å². The van der Waals surface area contributed by atoms with E-state index in [-0.39, 0.29) is 18.4 Å². The van der Waals surface area contributed by atoms with Crippen LogP contribution in [0.25, 0.3) is 0 Å². The van der Waals surface area contributed by atoms with E-state index in [4.69, 9.17) is 0 Å². The van der Waals surface area contributed by atoms with Crippen LogP contribution in [0.3, 0.4) is 0 Å². The molecule has 0 bridgehead atoms. The molecule has 0 spiro atoms. The lowest BCUT2D eigenvalue weighted by atomic mass is 10.1. The Kier molecular flexibility index (Phi) is 6.71. The van der Waals surface area contributed by atoms with Gasteiger partial charge in [-0.1, -0.05) is 6.07 Å². The fourth-order valence-electron chi connectivity index (χ4n) is 2.14. The number of carbonyl (C=O) groups excluding carboxylic acids is 2. The van der Waals surface area contributed by atoms with E-state index < -0.39 is 30.8 Å². The molecule has 0 saturated carbocycles. The Morgan fingerprint density at radius 3 is 2.52 bits per heavy atom. The third-order valence-electron chi connectivity index (χ3n) is 3.15. The summed E-state index contributed by atoms with van der Waals surface area (Å²) in [5, 5.41) is 10.2. The van der Waals surface area contributed by atoms with Crippen LogP contribution in [0.15, 0.2) is 24.3 Å². The number of anilines is 2. The first-order chi connectivity index (χ1) is 10.4. The zero-order valence-electron chi connectivity index (χ0n) is 12.5. The molecule has 4 N–H and O–H groups in total. The lowest BCUT2D eigenvalue weighted by molar-refractivity contribution is -0.118. The molecule has 1 fully saturated rings. The highest BCUT2D eigenvalue weighted by molar-refractivity contribution is 5.96. The highest BCUT2D eigenvalue weighted by atomic mass is 35.5. The first-order valence-electron chi connectivity index (χ1n) is 6.96. The summed E-state index contributed by atoms with van der Waals surface area (Å²) in [6.07, 6.45) is -0.518. The van der Waals surface area contributed by atoms with Crippen LogP contribution < -0.4 is 21.3 Å². The monoisotopic (exact) mass is 348 g/mol. The van der Waals surface area contributed by atoms with Crippen molar-refractivity contribution in [3.05, 3.63) is 24.3 Å². The van der Waals surface area contributed by atoms with Crippen LogP contribution in [0, 0.1) is 0 Å². The number of benzene rings is 1. The molecule has 3 amide bonds. The maximum atomic E-state index is 13.1. The third kappa shape index (κ3) is 5.65. The van der Waals surface area contributed by atoms with E-state index in [9.17, 15) is 18.4 Å². The summed E-state index contributed by atoms with van der Waals surface area (Å²) in [7, 11) is 0. The Balaban J connectivity index is 0.00000264. The molecule has 2 rings (SSSR count). The smallest absolute Gasteiger partial charge is 0.319 e. The standard InChI is InChI=1S/C14H18F2N4O2.ClH/c1-2-17-13(22)20-10-5-3-4-9(6-10)19-12(21)11-7-14(15,16)8-18-11;/h3-6,11,18H,2,7-8H2,1H3,(H,19,21)(H2,17,20,22);1H. The van der Waals surface area contributed by atoms with Gasteiger partial charge in [0.05, 0.1) is 12.6 Å². The fraction of sp³-hybridized carbons (Fsp3) is 0.429. The van der Waals surface area contributed by atoms with Crippen molar-refractivity contribution >= 4 is 35.7 Å². The van der Waals surface area contributed by atoms with Crippen LogP contribution in [0.2, 0.25) is 0 Å². The van der Waals surface area contributed by atoms with E-state index in [0.717, 1.165) is 0 Å². The molecule has 1 aliphatic rings. The molecule has 1 unspecified atom stereocenters. The molecule has 1 aromatic carbocycles. The summed E-state index contributed by atoms with van der Waals surface area (Å²) in [5.41, 5.74) is 0.921. The van der Waals surface area contributed by atoms with Gasteiger partial charge in [-0.3, -0.25) is 10.1 Å². The Morgan fingerprint density at radius 2 is 1.96 bits per heavy atom. The first kappa shape index (κ1) is 19.1. The van der Waals surface area contributed by atoms with Crippen molar-refractivity contribution in [2.75, 3.05) is 23.7 Å². The van der Waals surface area contributed by atoms with Crippen molar-refractivity contribution in [2.24, 2.45) is 0 Å². The number of hydrogen-bond donors (Lipinski definition) is 4. The van der Waals surface area contributed by atoms with Gasteiger partial charge in [0, 0.05) is 24.3 Å². The van der Waals surface area contributed by atoms with Gasteiger partial charge in [0.1, 0.15) is 0 Å². The normalized spacial score (nSPS) is 18.7. The number of halogens is 3. The summed E-state index contributed by atoms with van der Waals surface area (Å²) in [4.78, 5) is 23.4. The van der Waals surface area contributed by atoms with Gasteiger partial charge in [0.15, 0.2) is 0 Å². The van der Waals surface area contributed by atoms with Crippen LogP contribution in [0.5, 0.6) is 0 Å². The zero-order chi connectivity index (χ0) is 16.2. The van der Waals surface area contributed by atoms with Gasteiger partial charge in [0.2, 0.25) is 5.91 Å². The molecule has 0 radical (unpaired) electrons. The second-order valence-electron chi connectivity index (χ2n) is 5.05. The van der Waals surface area contributed by atoms with Gasteiger partial charge in [-0.25, -0.2) is 13.6 Å². The highest BCUT2D eigenvalue weighted by Crippen LogP contribution is 2.26. The van der Waals surface area contributed by atoms with Gasteiger partial charge in [-0.15, -0.1) is 12.4 Å². The molecule has 128 valence electrons. The van der Waals surface area contributed by atoms with Gasteiger partial charge < -0.3 is 16.0 Å². The van der Waals surface area contributed by atoms with Gasteiger partial charge in [-0.2, -0.15) is 0 Å². The number of hydrogen-bond acceptors (Lipinski definition) is 3. The fourth-order valence-corrected chi connectivity index (χ4v) is 2.14. The van der Waals surface area contributed by atoms with E-state index in [1.165, 1.54) is 0 Å².